The zero-order valence-electron chi connectivity index (χ0n) is 19.1. The molecular weight excluding hydrogens is 448 g/mol. The molecule has 0 radical (unpaired) electrons. The normalized spacial score (nSPS) is 18.8. The smallest absolute Gasteiger partial charge is 0.211 e. The number of nitrogens with zero attached hydrogens (tertiary/aromatic N) is 7. The van der Waals surface area contributed by atoms with Crippen molar-refractivity contribution in [2.45, 2.75) is 44.8 Å². The van der Waals surface area contributed by atoms with Crippen molar-refractivity contribution in [1.29, 1.82) is 0 Å². The maximum Gasteiger partial charge on any atom is 0.211 e. The molecule has 1 atom stereocenters. The molecule has 0 spiro atoms. The fourth-order valence-corrected chi connectivity index (χ4v) is 5.46. The van der Waals surface area contributed by atoms with Gasteiger partial charge in [-0.15, -0.1) is 10.2 Å². The number of likely N-dealkylation sites (tertiary alicyclic amines) is 1. The number of hydrogen-bond donors (Lipinski definition) is 1. The van der Waals surface area contributed by atoms with Gasteiger partial charge in [0.2, 0.25) is 5.13 Å². The minimum atomic E-state index is 0.0745. The van der Waals surface area contributed by atoms with E-state index in [-0.39, 0.29) is 6.10 Å². The molecule has 2 aliphatic heterocycles. The van der Waals surface area contributed by atoms with Gasteiger partial charge in [0.05, 0.1) is 17.2 Å². The second-order valence-corrected chi connectivity index (χ2v) is 9.93. The van der Waals surface area contributed by atoms with Crippen molar-refractivity contribution in [2.24, 2.45) is 0 Å². The summed E-state index contributed by atoms with van der Waals surface area (Å²) in [5.74, 6) is 0.721. The van der Waals surface area contributed by atoms with Gasteiger partial charge in [0, 0.05) is 36.7 Å². The lowest BCUT2D eigenvalue weighted by Crippen LogP contribution is -2.21. The Morgan fingerprint density at radius 3 is 2.85 bits per heavy atom. The summed E-state index contributed by atoms with van der Waals surface area (Å²) in [4.78, 5) is 11.9. The van der Waals surface area contributed by atoms with Gasteiger partial charge >= 0.3 is 0 Å². The number of aryl methyl sites for hydroxylation is 1. The first-order valence-corrected chi connectivity index (χ1v) is 12.9. The lowest BCUT2D eigenvalue weighted by Gasteiger charge is -2.13. The van der Waals surface area contributed by atoms with E-state index < -0.39 is 0 Å². The number of aromatic nitrogens is 6. The summed E-state index contributed by atoms with van der Waals surface area (Å²) in [5.41, 5.74) is 3.75. The number of ether oxygens (including phenoxy) is 1. The van der Waals surface area contributed by atoms with Crippen LogP contribution in [0.4, 0.5) is 10.9 Å². The van der Waals surface area contributed by atoms with Gasteiger partial charge in [-0.3, -0.25) is 9.67 Å². The second-order valence-electron chi connectivity index (χ2n) is 8.93. The summed E-state index contributed by atoms with van der Waals surface area (Å²) in [5, 5.41) is 18.0. The van der Waals surface area contributed by atoms with E-state index in [0.29, 0.717) is 0 Å². The van der Waals surface area contributed by atoms with Crippen LogP contribution < -0.4 is 5.32 Å². The average molecular weight is 477 g/mol. The van der Waals surface area contributed by atoms with Crippen molar-refractivity contribution in [3.63, 3.8) is 0 Å². The molecule has 2 aliphatic rings. The van der Waals surface area contributed by atoms with E-state index >= 15 is 0 Å². The van der Waals surface area contributed by atoms with Crippen LogP contribution in [0.2, 0.25) is 0 Å². The summed E-state index contributed by atoms with van der Waals surface area (Å²) in [6.07, 6.45) is 11.9. The summed E-state index contributed by atoms with van der Waals surface area (Å²) < 4.78 is 7.74. The van der Waals surface area contributed by atoms with Crippen LogP contribution in [0, 0.1) is 0 Å². The molecule has 4 aromatic heterocycles. The Labute approximate surface area is 202 Å². The van der Waals surface area contributed by atoms with Gasteiger partial charge in [-0.1, -0.05) is 11.3 Å². The van der Waals surface area contributed by atoms with Gasteiger partial charge in [-0.25, -0.2) is 4.98 Å². The van der Waals surface area contributed by atoms with Crippen LogP contribution in [0.5, 0.6) is 0 Å². The standard InChI is InChI=1S/C24H28N8OS/c1-2-9-31(8-1)10-4-11-32-16-18(15-26-32)17-13-20-19(25-14-17)6-7-22(27-20)28-24-30-29-23(34-24)21-5-3-12-33-21/h6-7,13-16,21H,1-5,8-12H2,(H,27,28,30). The average Bonchev–Trinajstić information content (AvgIpc) is 3.67. The van der Waals surface area contributed by atoms with Crippen LogP contribution in [0.15, 0.2) is 36.8 Å². The second kappa shape index (κ2) is 9.73. The minimum absolute atomic E-state index is 0.0745. The molecule has 10 heteroatoms. The Kier molecular flexibility index (Phi) is 6.17. The monoisotopic (exact) mass is 476 g/mol. The number of fused-ring (bicyclic) bond motifs is 1. The largest absolute Gasteiger partial charge is 0.371 e. The van der Waals surface area contributed by atoms with Crippen molar-refractivity contribution in [3.05, 3.63) is 41.8 Å². The molecule has 2 saturated heterocycles. The zero-order valence-corrected chi connectivity index (χ0v) is 19.9. The number of nitrogens with one attached hydrogen (secondary N) is 1. The Hall–Kier alpha value is -2.95. The SMILES string of the molecule is c1nc2ccc(Nc3nnc(C4CCCO4)s3)nc2cc1-c1cnn(CCCN2CCCC2)c1. The van der Waals surface area contributed by atoms with E-state index in [9.17, 15) is 0 Å². The van der Waals surface area contributed by atoms with Gasteiger partial charge in [0.1, 0.15) is 16.9 Å². The molecule has 0 aliphatic carbocycles. The molecule has 176 valence electrons. The van der Waals surface area contributed by atoms with E-state index in [1.54, 1.807) is 0 Å². The molecular formula is C24H28N8OS. The molecule has 0 amide bonds. The van der Waals surface area contributed by atoms with Crippen molar-refractivity contribution in [1.82, 2.24) is 34.8 Å². The Balaban J connectivity index is 1.14. The van der Waals surface area contributed by atoms with Crippen LogP contribution in [0.25, 0.3) is 22.2 Å². The van der Waals surface area contributed by atoms with E-state index in [4.69, 9.17) is 9.72 Å². The molecule has 9 nitrogen and oxygen atoms in total. The van der Waals surface area contributed by atoms with Crippen molar-refractivity contribution >= 4 is 33.3 Å². The van der Waals surface area contributed by atoms with Gasteiger partial charge < -0.3 is 15.0 Å². The highest BCUT2D eigenvalue weighted by Gasteiger charge is 2.22. The third-order valence-electron chi connectivity index (χ3n) is 6.44. The summed E-state index contributed by atoms with van der Waals surface area (Å²) in [6, 6.07) is 5.95. The van der Waals surface area contributed by atoms with Gasteiger partial charge in [-0.05, 0) is 69.9 Å². The van der Waals surface area contributed by atoms with Gasteiger partial charge in [0.25, 0.3) is 0 Å². The molecule has 2 fully saturated rings. The molecule has 34 heavy (non-hydrogen) atoms. The van der Waals surface area contributed by atoms with Crippen LogP contribution in [-0.4, -0.2) is 61.1 Å². The minimum Gasteiger partial charge on any atom is -0.371 e. The summed E-state index contributed by atoms with van der Waals surface area (Å²) in [7, 11) is 0. The van der Waals surface area contributed by atoms with E-state index in [0.717, 1.165) is 77.1 Å². The van der Waals surface area contributed by atoms with E-state index in [1.807, 2.05) is 29.2 Å². The predicted molar refractivity (Wildman–Crippen MR) is 132 cm³/mol. The number of anilines is 2. The van der Waals surface area contributed by atoms with E-state index in [2.05, 4.69) is 42.8 Å². The fourth-order valence-electron chi connectivity index (χ4n) is 4.63. The Bertz CT molecular complexity index is 1260. The zero-order chi connectivity index (χ0) is 22.7. The first kappa shape index (κ1) is 21.6. The van der Waals surface area contributed by atoms with Gasteiger partial charge in [-0.2, -0.15) is 5.10 Å². The van der Waals surface area contributed by atoms with Crippen molar-refractivity contribution in [3.8, 4) is 11.1 Å². The molecule has 0 bridgehead atoms. The van der Waals surface area contributed by atoms with Crippen molar-refractivity contribution in [2.75, 3.05) is 31.6 Å². The van der Waals surface area contributed by atoms with Crippen molar-refractivity contribution < 1.29 is 4.74 Å². The molecule has 6 rings (SSSR count). The highest BCUT2D eigenvalue weighted by molar-refractivity contribution is 7.15. The maximum absolute atomic E-state index is 5.71. The first-order chi connectivity index (χ1) is 16.8. The summed E-state index contributed by atoms with van der Waals surface area (Å²) >= 11 is 1.52. The molecule has 6 heterocycles. The third-order valence-corrected chi connectivity index (χ3v) is 7.38. The lowest BCUT2D eigenvalue weighted by atomic mass is 10.1. The number of rotatable bonds is 8. The fraction of sp³-hybridized carbons (Fsp3) is 0.458. The molecule has 1 N–H and O–H groups in total. The topological polar surface area (TPSA) is 93.9 Å². The van der Waals surface area contributed by atoms with Crippen LogP contribution in [-0.2, 0) is 11.3 Å². The number of hydrogen-bond acceptors (Lipinski definition) is 9. The van der Waals surface area contributed by atoms with Crippen LogP contribution >= 0.6 is 11.3 Å². The summed E-state index contributed by atoms with van der Waals surface area (Å²) in [6.45, 7) is 5.36. The van der Waals surface area contributed by atoms with E-state index in [1.165, 1.54) is 37.3 Å². The third kappa shape index (κ3) is 4.79. The number of pyridine rings is 2. The lowest BCUT2D eigenvalue weighted by molar-refractivity contribution is 0.111. The molecule has 0 saturated carbocycles. The van der Waals surface area contributed by atoms with Crippen LogP contribution in [0.3, 0.4) is 0 Å². The first-order valence-electron chi connectivity index (χ1n) is 12.0. The Morgan fingerprint density at radius 1 is 1.03 bits per heavy atom. The van der Waals surface area contributed by atoms with Gasteiger partial charge in [0.15, 0.2) is 0 Å². The molecule has 0 aromatic carbocycles. The van der Waals surface area contributed by atoms with Crippen LogP contribution in [0.1, 0.15) is 43.2 Å². The predicted octanol–water partition coefficient (Wildman–Crippen LogP) is 4.43. The highest BCUT2D eigenvalue weighted by Crippen LogP contribution is 2.33. The maximum atomic E-state index is 5.71. The molecule has 4 aromatic rings. The Morgan fingerprint density at radius 2 is 1.97 bits per heavy atom. The highest BCUT2D eigenvalue weighted by atomic mass is 32.1. The quantitative estimate of drug-likeness (QED) is 0.399. The molecule has 1 unspecified atom stereocenters.